The first kappa shape index (κ1) is 13.4. The Bertz CT molecular complexity index is 528. The molecule has 0 saturated heterocycles. The Kier molecular flexibility index (Phi) is 4.65. The van der Waals surface area contributed by atoms with Crippen LogP contribution >= 0.6 is 18.0 Å². The van der Waals surface area contributed by atoms with E-state index in [1.807, 2.05) is 60.7 Å². The van der Waals surface area contributed by atoms with Gasteiger partial charge in [0.25, 0.3) is 6.57 Å². The molecule has 0 heterocycles. The second-order valence-electron chi connectivity index (χ2n) is 4.04. The molecular formula is C14H15O2PS. The normalized spacial score (nSPS) is 14.1. The summed E-state index contributed by atoms with van der Waals surface area (Å²) in [5.74, 6) is 0.571. The summed E-state index contributed by atoms with van der Waals surface area (Å²) in [4.78, 5) is 9.95. The maximum absolute atomic E-state index is 12.1. The van der Waals surface area contributed by atoms with Crippen LogP contribution in [0.25, 0.3) is 0 Å². The van der Waals surface area contributed by atoms with Gasteiger partial charge in [0.15, 0.2) is 0 Å². The van der Waals surface area contributed by atoms with E-state index in [1.54, 1.807) is 0 Å². The number of rotatable bonds is 5. The smallest absolute Gasteiger partial charge is 0.259 e. The van der Waals surface area contributed by atoms with Gasteiger partial charge in [0.1, 0.15) is 0 Å². The minimum absolute atomic E-state index is 0.228. The minimum atomic E-state index is -3.16. The summed E-state index contributed by atoms with van der Waals surface area (Å²) in [5.41, 5.74) is 1.98. The van der Waals surface area contributed by atoms with E-state index in [4.69, 9.17) is 0 Å². The molecule has 2 aromatic rings. The van der Waals surface area contributed by atoms with Crippen molar-refractivity contribution >= 4 is 18.0 Å². The van der Waals surface area contributed by atoms with Gasteiger partial charge in [-0.15, -0.1) is 0 Å². The van der Waals surface area contributed by atoms with Crippen LogP contribution < -0.4 is 0 Å². The zero-order chi connectivity index (χ0) is 12.8. The first-order chi connectivity index (χ1) is 8.66. The van der Waals surface area contributed by atoms with Crippen molar-refractivity contribution in [2.45, 2.75) is 11.9 Å². The molecule has 1 unspecified atom stereocenters. The third-order valence-corrected chi connectivity index (χ3v) is 6.12. The van der Waals surface area contributed by atoms with E-state index in [1.165, 1.54) is 0 Å². The SMILES string of the molecule is O=P(O)(Cc1ccccc1)SCc1ccccc1. The summed E-state index contributed by atoms with van der Waals surface area (Å²) in [6.07, 6.45) is 0.228. The number of benzene rings is 2. The van der Waals surface area contributed by atoms with E-state index >= 15 is 0 Å². The van der Waals surface area contributed by atoms with E-state index in [0.717, 1.165) is 22.5 Å². The molecule has 0 fully saturated rings. The van der Waals surface area contributed by atoms with Crippen LogP contribution in [-0.4, -0.2) is 4.89 Å². The average molecular weight is 278 g/mol. The molecule has 0 saturated carbocycles. The molecule has 0 spiro atoms. The van der Waals surface area contributed by atoms with Crippen molar-refractivity contribution in [3.8, 4) is 0 Å². The van der Waals surface area contributed by atoms with Gasteiger partial charge in [-0.05, 0) is 11.1 Å². The molecule has 2 nitrogen and oxygen atoms in total. The number of hydrogen-bond donors (Lipinski definition) is 1. The molecule has 2 aromatic carbocycles. The summed E-state index contributed by atoms with van der Waals surface area (Å²) in [5, 5.41) is 0. The third kappa shape index (κ3) is 4.34. The van der Waals surface area contributed by atoms with E-state index < -0.39 is 6.57 Å². The molecule has 4 heteroatoms. The van der Waals surface area contributed by atoms with Gasteiger partial charge in [-0.25, -0.2) is 0 Å². The van der Waals surface area contributed by atoms with Crippen LogP contribution in [0.3, 0.4) is 0 Å². The third-order valence-electron chi connectivity index (χ3n) is 2.50. The van der Waals surface area contributed by atoms with Gasteiger partial charge in [0, 0.05) is 5.75 Å². The second kappa shape index (κ2) is 6.24. The molecular weight excluding hydrogens is 263 g/mol. The molecule has 0 amide bonds. The van der Waals surface area contributed by atoms with Crippen molar-refractivity contribution in [3.63, 3.8) is 0 Å². The van der Waals surface area contributed by atoms with Crippen LogP contribution in [0.1, 0.15) is 11.1 Å². The molecule has 94 valence electrons. The summed E-state index contributed by atoms with van der Waals surface area (Å²) in [6.45, 7) is -3.16. The average Bonchev–Trinajstić information content (AvgIpc) is 2.38. The van der Waals surface area contributed by atoms with E-state index in [0.29, 0.717) is 5.75 Å². The lowest BCUT2D eigenvalue weighted by Gasteiger charge is -2.10. The summed E-state index contributed by atoms with van der Waals surface area (Å²) < 4.78 is 12.1. The zero-order valence-corrected chi connectivity index (χ0v) is 11.6. The standard InChI is InChI=1S/C14H15O2PS/c15-17(16,11-13-7-3-1-4-8-13)18-12-14-9-5-2-6-10-14/h1-10H,11-12H2,(H,15,16). The van der Waals surface area contributed by atoms with Crippen LogP contribution in [0.5, 0.6) is 0 Å². The maximum atomic E-state index is 12.1. The van der Waals surface area contributed by atoms with Gasteiger partial charge in [-0.3, -0.25) is 4.57 Å². The molecule has 0 bridgehead atoms. The fourth-order valence-corrected chi connectivity index (χ4v) is 4.69. The highest BCUT2D eigenvalue weighted by molar-refractivity contribution is 8.55. The fourth-order valence-electron chi connectivity index (χ4n) is 1.61. The molecule has 0 radical (unpaired) electrons. The van der Waals surface area contributed by atoms with Gasteiger partial charge in [0.05, 0.1) is 6.16 Å². The molecule has 1 atom stereocenters. The highest BCUT2D eigenvalue weighted by Gasteiger charge is 2.19. The van der Waals surface area contributed by atoms with E-state index in [-0.39, 0.29) is 6.16 Å². The van der Waals surface area contributed by atoms with Crippen LogP contribution in [0.2, 0.25) is 0 Å². The number of hydrogen-bond acceptors (Lipinski definition) is 2. The van der Waals surface area contributed by atoms with Crippen LogP contribution in [-0.2, 0) is 16.5 Å². The van der Waals surface area contributed by atoms with Crippen LogP contribution in [0.4, 0.5) is 0 Å². The summed E-state index contributed by atoms with van der Waals surface area (Å²) in [7, 11) is 0. The predicted molar refractivity (Wildman–Crippen MR) is 77.7 cm³/mol. The first-order valence-corrected chi connectivity index (χ1v) is 9.13. The Morgan fingerprint density at radius 2 is 1.39 bits per heavy atom. The molecule has 0 aliphatic rings. The lowest BCUT2D eigenvalue weighted by atomic mass is 10.2. The van der Waals surface area contributed by atoms with Crippen molar-refractivity contribution in [1.29, 1.82) is 0 Å². The Labute approximate surface area is 111 Å². The molecule has 18 heavy (non-hydrogen) atoms. The van der Waals surface area contributed by atoms with Crippen molar-refractivity contribution in [2.75, 3.05) is 0 Å². The Hall–Kier alpha value is -1.02. The highest BCUT2D eigenvalue weighted by atomic mass is 32.7. The topological polar surface area (TPSA) is 37.3 Å². The van der Waals surface area contributed by atoms with Gasteiger partial charge in [-0.2, -0.15) is 0 Å². The largest absolute Gasteiger partial charge is 0.337 e. The van der Waals surface area contributed by atoms with Gasteiger partial charge in [0.2, 0.25) is 0 Å². The Morgan fingerprint density at radius 3 is 1.94 bits per heavy atom. The Morgan fingerprint density at radius 1 is 0.889 bits per heavy atom. The Balaban J connectivity index is 1.94. The minimum Gasteiger partial charge on any atom is -0.337 e. The maximum Gasteiger partial charge on any atom is 0.259 e. The molecule has 0 aliphatic heterocycles. The van der Waals surface area contributed by atoms with Crippen LogP contribution in [0, 0.1) is 0 Å². The van der Waals surface area contributed by atoms with Gasteiger partial charge < -0.3 is 4.89 Å². The summed E-state index contributed by atoms with van der Waals surface area (Å²) in [6, 6.07) is 19.2. The predicted octanol–water partition coefficient (Wildman–Crippen LogP) is 4.31. The van der Waals surface area contributed by atoms with Crippen molar-refractivity contribution in [3.05, 3.63) is 71.8 Å². The molecule has 0 aromatic heterocycles. The van der Waals surface area contributed by atoms with Gasteiger partial charge in [-0.1, -0.05) is 72.0 Å². The van der Waals surface area contributed by atoms with Crippen molar-refractivity contribution in [1.82, 2.24) is 0 Å². The van der Waals surface area contributed by atoms with Crippen molar-refractivity contribution in [2.24, 2.45) is 0 Å². The lowest BCUT2D eigenvalue weighted by molar-refractivity contribution is 0.496. The van der Waals surface area contributed by atoms with Crippen molar-refractivity contribution < 1.29 is 9.46 Å². The van der Waals surface area contributed by atoms with E-state index in [2.05, 4.69) is 0 Å². The van der Waals surface area contributed by atoms with Crippen LogP contribution in [0.15, 0.2) is 60.7 Å². The second-order valence-corrected chi connectivity index (χ2v) is 8.66. The quantitative estimate of drug-likeness (QED) is 0.828. The fraction of sp³-hybridized carbons (Fsp3) is 0.143. The van der Waals surface area contributed by atoms with E-state index in [9.17, 15) is 9.46 Å². The molecule has 1 N–H and O–H groups in total. The molecule has 2 rings (SSSR count). The highest BCUT2D eigenvalue weighted by Crippen LogP contribution is 2.58. The van der Waals surface area contributed by atoms with Gasteiger partial charge >= 0.3 is 0 Å². The summed E-state index contributed by atoms with van der Waals surface area (Å²) >= 11 is 1.14. The first-order valence-electron chi connectivity index (χ1n) is 5.70. The zero-order valence-electron chi connectivity index (χ0n) is 9.90. The monoisotopic (exact) mass is 278 g/mol. The molecule has 0 aliphatic carbocycles. The lowest BCUT2D eigenvalue weighted by Crippen LogP contribution is -1.86.